The highest BCUT2D eigenvalue weighted by Crippen LogP contribution is 2.33. The number of amides is 5. The van der Waals surface area contributed by atoms with Crippen LogP contribution in [-0.4, -0.2) is 125 Å². The van der Waals surface area contributed by atoms with Crippen LogP contribution in [0.2, 0.25) is 0 Å². The molecule has 296 valence electrons. The van der Waals surface area contributed by atoms with Gasteiger partial charge in [-0.25, -0.2) is 19.7 Å². The molecule has 2 aromatic heterocycles. The minimum absolute atomic E-state index is 0.0736. The first kappa shape index (κ1) is 37.6. The van der Waals surface area contributed by atoms with E-state index in [2.05, 4.69) is 42.5 Å². The number of carbonyl (C=O) groups is 4. The topological polar surface area (TPSA) is 173 Å². The molecular weight excluding hydrogens is 711 g/mol. The summed E-state index contributed by atoms with van der Waals surface area (Å²) in [6, 6.07) is 12.6. The molecule has 2 unspecified atom stereocenters. The monoisotopic (exact) mass is 763 g/mol. The number of imide groups is 1. The van der Waals surface area contributed by atoms with E-state index in [0.717, 1.165) is 108 Å². The predicted molar refractivity (Wildman–Crippen MR) is 213 cm³/mol. The number of likely N-dealkylation sites (N-methyl/N-ethyl adjacent to an activating group) is 1. The highest BCUT2D eigenvalue weighted by molar-refractivity contribution is 6.01. The molecule has 15 nitrogen and oxygen atoms in total. The van der Waals surface area contributed by atoms with Crippen molar-refractivity contribution in [3.8, 4) is 0 Å². The Bertz CT molecular complexity index is 1910. The van der Waals surface area contributed by atoms with Crippen LogP contribution in [0.4, 0.5) is 27.9 Å². The van der Waals surface area contributed by atoms with E-state index < -0.39 is 5.91 Å². The van der Waals surface area contributed by atoms with Gasteiger partial charge in [0.1, 0.15) is 11.6 Å². The lowest BCUT2D eigenvalue weighted by atomic mass is 9.88. The Balaban J connectivity index is 0.807. The number of nitrogens with one attached hydrogen (secondary N) is 2. The summed E-state index contributed by atoms with van der Waals surface area (Å²) in [6.45, 7) is 8.17. The maximum Gasteiger partial charge on any atom is 0.320 e. The molecule has 2 atom stereocenters. The third kappa shape index (κ3) is 8.27. The highest BCUT2D eigenvalue weighted by atomic mass is 16.2. The number of pyridine rings is 1. The molecule has 0 saturated carbocycles. The minimum atomic E-state index is -0.641. The van der Waals surface area contributed by atoms with Gasteiger partial charge in [-0.3, -0.25) is 19.7 Å². The second kappa shape index (κ2) is 16.4. The molecule has 15 heteroatoms. The molecule has 0 bridgehead atoms. The number of nitrogens with two attached hydrogens (primary N) is 1. The Morgan fingerprint density at radius 1 is 0.821 bits per heavy atom. The fraction of sp³-hybridized carbons (Fsp3) is 0.537. The van der Waals surface area contributed by atoms with Gasteiger partial charge in [-0.2, -0.15) is 0 Å². The fourth-order valence-electron chi connectivity index (χ4n) is 9.16. The van der Waals surface area contributed by atoms with Crippen LogP contribution in [0.3, 0.4) is 0 Å². The maximum absolute atomic E-state index is 12.7. The quantitative estimate of drug-likeness (QED) is 0.257. The zero-order valence-corrected chi connectivity index (χ0v) is 32.2. The van der Waals surface area contributed by atoms with Crippen LogP contribution < -0.4 is 26.2 Å². The van der Waals surface area contributed by atoms with E-state index in [1.54, 1.807) is 17.3 Å². The van der Waals surface area contributed by atoms with Crippen molar-refractivity contribution in [2.45, 2.75) is 69.2 Å². The zero-order chi connectivity index (χ0) is 38.8. The maximum atomic E-state index is 12.7. The Labute approximate surface area is 328 Å². The van der Waals surface area contributed by atoms with Crippen molar-refractivity contribution < 1.29 is 19.2 Å². The van der Waals surface area contributed by atoms with Crippen LogP contribution in [-0.2, 0) is 9.59 Å². The van der Waals surface area contributed by atoms with Gasteiger partial charge in [-0.05, 0) is 99.2 Å². The Kier molecular flexibility index (Phi) is 11.0. The van der Waals surface area contributed by atoms with Gasteiger partial charge in [0.15, 0.2) is 11.5 Å². The van der Waals surface area contributed by atoms with Gasteiger partial charge < -0.3 is 35.6 Å². The molecule has 3 aromatic rings. The van der Waals surface area contributed by atoms with E-state index in [9.17, 15) is 19.2 Å². The zero-order valence-electron chi connectivity index (χ0n) is 32.2. The molecular formula is C41H53N11O4. The first-order valence-corrected chi connectivity index (χ1v) is 20.3. The number of hydrogen-bond acceptors (Lipinski definition) is 11. The van der Waals surface area contributed by atoms with E-state index in [1.807, 2.05) is 36.2 Å². The molecule has 4 N–H and O–H groups in total. The lowest BCUT2D eigenvalue weighted by Gasteiger charge is -2.38. The van der Waals surface area contributed by atoms with E-state index in [4.69, 9.17) is 15.7 Å². The number of benzene rings is 1. The Morgan fingerprint density at radius 2 is 1.59 bits per heavy atom. The lowest BCUT2D eigenvalue weighted by Crippen LogP contribution is -2.49. The van der Waals surface area contributed by atoms with Gasteiger partial charge in [-0.1, -0.05) is 18.2 Å². The van der Waals surface area contributed by atoms with Crippen molar-refractivity contribution in [3.05, 3.63) is 65.6 Å². The average Bonchev–Trinajstić information content (AvgIpc) is 3.56. The summed E-state index contributed by atoms with van der Waals surface area (Å²) < 4.78 is 0. The van der Waals surface area contributed by atoms with Crippen LogP contribution in [0.1, 0.15) is 84.8 Å². The summed E-state index contributed by atoms with van der Waals surface area (Å²) >= 11 is 0. The van der Waals surface area contributed by atoms with Crippen LogP contribution in [0, 0.1) is 5.92 Å². The minimum Gasteiger partial charge on any atom is -0.364 e. The van der Waals surface area contributed by atoms with E-state index in [-0.39, 0.29) is 35.5 Å². The second-order valence-corrected chi connectivity index (χ2v) is 16.1. The molecule has 1 aromatic carbocycles. The average molecular weight is 764 g/mol. The summed E-state index contributed by atoms with van der Waals surface area (Å²) in [5.74, 6) is 1.73. The van der Waals surface area contributed by atoms with E-state index in [0.29, 0.717) is 42.9 Å². The van der Waals surface area contributed by atoms with Gasteiger partial charge in [0.2, 0.25) is 11.8 Å². The number of primary amides is 1. The third-order valence-corrected chi connectivity index (χ3v) is 12.5. The standard InChI is InChI=1S/C41H53N11O4/c1-48-21-22-52(41(48)56)32-3-2-16-51(26-32)35-24-44-37(38(42)54)39(46-35)45-31-7-4-28(5-8-31)29-14-17-49(18-15-29)25-27-12-19-50(20-13-27)34-10-6-30(23-43-34)33-9-11-36(53)47-40(33)55/h4-8,10,23-24,27,29,32-33H,2-3,9,11-22,25-26H2,1H3,(H2,42,54)(H,45,46)(H,47,53,55). The summed E-state index contributed by atoms with van der Waals surface area (Å²) in [5, 5.41) is 5.75. The second-order valence-electron chi connectivity index (χ2n) is 16.1. The Morgan fingerprint density at radius 3 is 2.27 bits per heavy atom. The summed E-state index contributed by atoms with van der Waals surface area (Å²) in [6.07, 6.45) is 10.7. The van der Waals surface area contributed by atoms with Gasteiger partial charge >= 0.3 is 6.03 Å². The summed E-state index contributed by atoms with van der Waals surface area (Å²) in [5.41, 5.74) is 8.81. The predicted octanol–water partition coefficient (Wildman–Crippen LogP) is 3.67. The molecule has 0 radical (unpaired) electrons. The molecule has 56 heavy (non-hydrogen) atoms. The van der Waals surface area contributed by atoms with Crippen molar-refractivity contribution >= 4 is 46.9 Å². The molecule has 5 saturated heterocycles. The normalized spacial score (nSPS) is 23.1. The fourth-order valence-corrected chi connectivity index (χ4v) is 9.16. The van der Waals surface area contributed by atoms with Gasteiger partial charge in [0.05, 0.1) is 18.2 Å². The molecule has 8 rings (SSSR count). The molecule has 5 aliphatic heterocycles. The van der Waals surface area contributed by atoms with Crippen LogP contribution >= 0.6 is 0 Å². The molecule has 5 fully saturated rings. The van der Waals surface area contributed by atoms with Crippen LogP contribution in [0.15, 0.2) is 48.8 Å². The Hall–Kier alpha value is -5.31. The van der Waals surface area contributed by atoms with Crippen molar-refractivity contribution in [1.29, 1.82) is 0 Å². The van der Waals surface area contributed by atoms with Crippen LogP contribution in [0.25, 0.3) is 0 Å². The molecule has 7 heterocycles. The van der Waals surface area contributed by atoms with E-state index >= 15 is 0 Å². The van der Waals surface area contributed by atoms with Gasteiger partial charge in [0, 0.05) is 71.2 Å². The first-order valence-electron chi connectivity index (χ1n) is 20.3. The van der Waals surface area contributed by atoms with Crippen molar-refractivity contribution in [2.75, 3.05) is 81.1 Å². The molecule has 5 aliphatic rings. The smallest absolute Gasteiger partial charge is 0.320 e. The van der Waals surface area contributed by atoms with Crippen molar-refractivity contribution in [3.63, 3.8) is 0 Å². The number of carbonyl (C=O) groups excluding carboxylic acids is 4. The lowest BCUT2D eigenvalue weighted by molar-refractivity contribution is -0.134. The number of piperidine rings is 4. The van der Waals surface area contributed by atoms with Crippen molar-refractivity contribution in [2.24, 2.45) is 11.7 Å². The molecule has 0 spiro atoms. The number of nitrogens with zero attached hydrogens (tertiary/aromatic N) is 8. The molecule has 0 aliphatic carbocycles. The van der Waals surface area contributed by atoms with Crippen LogP contribution in [0.5, 0.6) is 0 Å². The number of aromatic nitrogens is 3. The third-order valence-electron chi connectivity index (χ3n) is 12.5. The number of likely N-dealkylation sites (tertiary alicyclic amines) is 1. The summed E-state index contributed by atoms with van der Waals surface area (Å²) in [4.78, 5) is 73.6. The molecule has 5 amide bonds. The number of hydrogen-bond donors (Lipinski definition) is 3. The number of anilines is 4. The largest absolute Gasteiger partial charge is 0.364 e. The number of rotatable bonds is 10. The van der Waals surface area contributed by atoms with Crippen molar-refractivity contribution in [1.82, 2.24) is 35.0 Å². The van der Waals surface area contributed by atoms with E-state index in [1.165, 1.54) is 5.56 Å². The SMILES string of the molecule is CN1CCN(C2CCCN(c3cnc(C(N)=O)c(Nc4ccc(C5CCN(CC6CCN(c7ccc(C8CCC(=O)NC8=O)cn7)CC6)CC5)cc4)n3)C2)C1=O. The highest BCUT2D eigenvalue weighted by Gasteiger charge is 2.35. The van der Waals surface area contributed by atoms with Gasteiger partial charge in [-0.15, -0.1) is 0 Å². The number of urea groups is 1. The first-order chi connectivity index (χ1) is 27.2. The van der Waals surface area contributed by atoms with Gasteiger partial charge in [0.25, 0.3) is 5.91 Å². The summed E-state index contributed by atoms with van der Waals surface area (Å²) in [7, 11) is 1.84.